The zero-order chi connectivity index (χ0) is 14.9. The molecule has 1 aromatic carbocycles. The van der Waals surface area contributed by atoms with Gasteiger partial charge in [-0.25, -0.2) is 0 Å². The van der Waals surface area contributed by atoms with Gasteiger partial charge in [-0.2, -0.15) is 11.8 Å². The standard InChI is InChI=1S/C16H17BrN2OS/c17-14-4-5-16(20)13(11-14)12-18-8-10-21-9-6-15-3-1-2-7-19-15/h1-5,7,11-12,20H,6,8-10H2. The minimum absolute atomic E-state index is 0.254. The normalized spacial score (nSPS) is 11.1. The fourth-order valence-electron chi connectivity index (χ4n) is 1.73. The third kappa shape index (κ3) is 5.89. The summed E-state index contributed by atoms with van der Waals surface area (Å²) in [5.41, 5.74) is 1.87. The van der Waals surface area contributed by atoms with Gasteiger partial charge >= 0.3 is 0 Å². The van der Waals surface area contributed by atoms with E-state index in [1.165, 1.54) is 0 Å². The number of aromatic nitrogens is 1. The van der Waals surface area contributed by atoms with Crippen molar-refractivity contribution in [3.63, 3.8) is 0 Å². The third-order valence-corrected chi connectivity index (χ3v) is 4.27. The number of phenolic OH excluding ortho intramolecular Hbond substituents is 1. The van der Waals surface area contributed by atoms with Crippen molar-refractivity contribution in [3.05, 3.63) is 58.3 Å². The van der Waals surface area contributed by atoms with E-state index in [9.17, 15) is 5.11 Å². The number of pyridine rings is 1. The maximum Gasteiger partial charge on any atom is 0.124 e. The van der Waals surface area contributed by atoms with E-state index in [0.717, 1.165) is 40.2 Å². The van der Waals surface area contributed by atoms with Crippen molar-refractivity contribution in [3.8, 4) is 5.75 Å². The highest BCUT2D eigenvalue weighted by Crippen LogP contribution is 2.20. The van der Waals surface area contributed by atoms with Crippen molar-refractivity contribution in [1.82, 2.24) is 4.98 Å². The number of rotatable bonds is 7. The average Bonchev–Trinajstić information content (AvgIpc) is 2.50. The van der Waals surface area contributed by atoms with Gasteiger partial charge in [-0.05, 0) is 42.5 Å². The molecule has 0 fully saturated rings. The molecule has 1 N–H and O–H groups in total. The second-order valence-corrected chi connectivity index (χ2v) is 6.56. The fraction of sp³-hybridized carbons (Fsp3) is 0.250. The molecule has 3 nitrogen and oxygen atoms in total. The predicted molar refractivity (Wildman–Crippen MR) is 93.5 cm³/mol. The van der Waals surface area contributed by atoms with E-state index in [2.05, 4.69) is 32.0 Å². The van der Waals surface area contributed by atoms with Gasteiger partial charge in [0.1, 0.15) is 5.75 Å². The van der Waals surface area contributed by atoms with E-state index in [1.54, 1.807) is 18.3 Å². The summed E-state index contributed by atoms with van der Waals surface area (Å²) in [6.07, 6.45) is 4.54. The summed E-state index contributed by atoms with van der Waals surface area (Å²) >= 11 is 5.24. The van der Waals surface area contributed by atoms with Crippen molar-refractivity contribution in [2.45, 2.75) is 6.42 Å². The molecule has 0 saturated heterocycles. The molecule has 0 aliphatic heterocycles. The molecule has 5 heteroatoms. The topological polar surface area (TPSA) is 45.5 Å². The van der Waals surface area contributed by atoms with E-state index in [-0.39, 0.29) is 5.75 Å². The van der Waals surface area contributed by atoms with Crippen LogP contribution < -0.4 is 0 Å². The number of phenols is 1. The Balaban J connectivity index is 1.65. The Bertz CT molecular complexity index is 590. The van der Waals surface area contributed by atoms with Crippen molar-refractivity contribution >= 4 is 33.9 Å². The highest BCUT2D eigenvalue weighted by molar-refractivity contribution is 9.10. The van der Waals surface area contributed by atoms with Crippen LogP contribution >= 0.6 is 27.7 Å². The molecule has 0 unspecified atom stereocenters. The lowest BCUT2D eigenvalue weighted by Crippen LogP contribution is -1.94. The van der Waals surface area contributed by atoms with E-state index >= 15 is 0 Å². The van der Waals surface area contributed by atoms with Gasteiger partial charge in [-0.3, -0.25) is 9.98 Å². The van der Waals surface area contributed by atoms with Gasteiger partial charge < -0.3 is 5.11 Å². The summed E-state index contributed by atoms with van der Waals surface area (Å²) in [6.45, 7) is 0.749. The summed E-state index contributed by atoms with van der Waals surface area (Å²) < 4.78 is 0.937. The van der Waals surface area contributed by atoms with Gasteiger partial charge in [-0.1, -0.05) is 22.0 Å². The quantitative estimate of drug-likeness (QED) is 0.597. The number of aliphatic imine (C=N–C) groups is 1. The van der Waals surface area contributed by atoms with Gasteiger partial charge in [0, 0.05) is 40.4 Å². The van der Waals surface area contributed by atoms with E-state index < -0.39 is 0 Å². The van der Waals surface area contributed by atoms with Crippen molar-refractivity contribution in [1.29, 1.82) is 0 Å². The lowest BCUT2D eigenvalue weighted by Gasteiger charge is -2.01. The summed E-state index contributed by atoms with van der Waals surface area (Å²) in [5, 5.41) is 9.68. The molecule has 1 aromatic heterocycles. The van der Waals surface area contributed by atoms with E-state index in [1.807, 2.05) is 36.2 Å². The van der Waals surface area contributed by atoms with Crippen molar-refractivity contribution in [2.75, 3.05) is 18.1 Å². The molecule has 0 saturated carbocycles. The maximum atomic E-state index is 9.68. The van der Waals surface area contributed by atoms with Gasteiger partial charge in [0.05, 0.1) is 0 Å². The number of thioether (sulfide) groups is 1. The predicted octanol–water partition coefficient (Wildman–Crippen LogP) is 3.94. The van der Waals surface area contributed by atoms with Crippen LogP contribution in [0.15, 0.2) is 52.1 Å². The third-order valence-electron chi connectivity index (χ3n) is 2.81. The fourth-order valence-corrected chi connectivity index (χ4v) is 2.90. The lowest BCUT2D eigenvalue weighted by atomic mass is 10.2. The molecule has 0 spiro atoms. The molecule has 110 valence electrons. The molecule has 21 heavy (non-hydrogen) atoms. The number of hydrogen-bond acceptors (Lipinski definition) is 4. The zero-order valence-corrected chi connectivity index (χ0v) is 14.0. The summed E-state index contributed by atoms with van der Waals surface area (Å²) in [6, 6.07) is 11.3. The largest absolute Gasteiger partial charge is 0.507 e. The van der Waals surface area contributed by atoms with Crippen molar-refractivity contribution in [2.24, 2.45) is 4.99 Å². The van der Waals surface area contributed by atoms with Gasteiger partial charge in [0.15, 0.2) is 0 Å². The number of aromatic hydroxyl groups is 1. The molecular weight excluding hydrogens is 348 g/mol. The Labute approximate surface area is 137 Å². The van der Waals surface area contributed by atoms with Crippen molar-refractivity contribution < 1.29 is 5.11 Å². The molecule has 0 amide bonds. The Morgan fingerprint density at radius 2 is 2.14 bits per heavy atom. The number of halogens is 1. The van der Waals surface area contributed by atoms with Crippen LogP contribution in [-0.2, 0) is 6.42 Å². The Morgan fingerprint density at radius 1 is 1.24 bits per heavy atom. The Morgan fingerprint density at radius 3 is 2.95 bits per heavy atom. The number of aryl methyl sites for hydroxylation is 1. The molecule has 0 aliphatic carbocycles. The Hall–Kier alpha value is -1.33. The highest BCUT2D eigenvalue weighted by Gasteiger charge is 1.98. The first-order valence-electron chi connectivity index (χ1n) is 6.72. The summed E-state index contributed by atoms with van der Waals surface area (Å²) in [7, 11) is 0. The van der Waals surface area contributed by atoms with Crippen LogP contribution in [0.25, 0.3) is 0 Å². The summed E-state index contributed by atoms with van der Waals surface area (Å²) in [4.78, 5) is 8.64. The second kappa shape index (κ2) is 8.85. The smallest absolute Gasteiger partial charge is 0.124 e. The molecule has 2 rings (SSSR count). The van der Waals surface area contributed by atoms with E-state index in [0.29, 0.717) is 0 Å². The van der Waals surface area contributed by atoms with Crippen LogP contribution in [0, 0.1) is 0 Å². The lowest BCUT2D eigenvalue weighted by molar-refractivity contribution is 0.474. The van der Waals surface area contributed by atoms with Crippen LogP contribution in [0.2, 0.25) is 0 Å². The number of benzene rings is 1. The minimum atomic E-state index is 0.254. The molecule has 1 heterocycles. The monoisotopic (exact) mass is 364 g/mol. The van der Waals surface area contributed by atoms with Crippen LogP contribution in [0.3, 0.4) is 0 Å². The van der Waals surface area contributed by atoms with Crippen LogP contribution in [0.1, 0.15) is 11.3 Å². The summed E-state index contributed by atoms with van der Waals surface area (Å²) in [5.74, 6) is 2.28. The molecule has 0 aliphatic rings. The van der Waals surface area contributed by atoms with Crippen LogP contribution in [0.5, 0.6) is 5.75 Å². The second-order valence-electron chi connectivity index (χ2n) is 4.42. The van der Waals surface area contributed by atoms with Gasteiger partial charge in [0.2, 0.25) is 0 Å². The van der Waals surface area contributed by atoms with Gasteiger partial charge in [-0.15, -0.1) is 0 Å². The molecular formula is C16H17BrN2OS. The number of hydrogen-bond donors (Lipinski definition) is 1. The zero-order valence-electron chi connectivity index (χ0n) is 11.6. The molecule has 0 radical (unpaired) electrons. The highest BCUT2D eigenvalue weighted by atomic mass is 79.9. The maximum absolute atomic E-state index is 9.68. The first-order chi connectivity index (χ1) is 10.3. The van der Waals surface area contributed by atoms with Crippen LogP contribution in [0.4, 0.5) is 0 Å². The molecule has 0 bridgehead atoms. The SMILES string of the molecule is Oc1ccc(Br)cc1C=NCCSCCc1ccccn1. The van der Waals surface area contributed by atoms with E-state index in [4.69, 9.17) is 0 Å². The van der Waals surface area contributed by atoms with Gasteiger partial charge in [0.25, 0.3) is 0 Å². The average molecular weight is 365 g/mol. The minimum Gasteiger partial charge on any atom is -0.507 e. The molecule has 2 aromatic rings. The molecule has 0 atom stereocenters. The first-order valence-corrected chi connectivity index (χ1v) is 8.66. The number of nitrogens with zero attached hydrogens (tertiary/aromatic N) is 2. The Kier molecular flexibility index (Phi) is 6.76. The van der Waals surface area contributed by atoms with Crippen LogP contribution in [-0.4, -0.2) is 34.4 Å². The first kappa shape index (κ1) is 16.0.